The summed E-state index contributed by atoms with van der Waals surface area (Å²) in [5.41, 5.74) is 6.22. The molecular weight excluding hydrogens is 336 g/mol. The van der Waals surface area contributed by atoms with Gasteiger partial charge in [0.15, 0.2) is 5.82 Å². The number of anilines is 1. The number of nitrogens with two attached hydrogens (primary N) is 1. The SMILES string of the molecule is CC(=O)Nc1cn(CC(=O)NS(=O)(=O)c2ccc(CN)cc2)nn1. The van der Waals surface area contributed by atoms with Crippen LogP contribution < -0.4 is 15.8 Å². The van der Waals surface area contributed by atoms with Crippen LogP contribution in [0.15, 0.2) is 35.4 Å². The highest BCUT2D eigenvalue weighted by molar-refractivity contribution is 7.90. The maximum atomic E-state index is 12.1. The van der Waals surface area contributed by atoms with Gasteiger partial charge in [0.2, 0.25) is 5.91 Å². The number of hydrogen-bond donors (Lipinski definition) is 3. The number of rotatable bonds is 6. The first kappa shape index (κ1) is 17.6. The van der Waals surface area contributed by atoms with Gasteiger partial charge in [-0.1, -0.05) is 17.3 Å². The molecule has 10 nitrogen and oxygen atoms in total. The maximum absolute atomic E-state index is 12.1. The van der Waals surface area contributed by atoms with Crippen molar-refractivity contribution in [1.82, 2.24) is 19.7 Å². The highest BCUT2D eigenvalue weighted by atomic mass is 32.2. The molecule has 24 heavy (non-hydrogen) atoms. The largest absolute Gasteiger partial charge is 0.326 e. The van der Waals surface area contributed by atoms with Crippen molar-refractivity contribution >= 4 is 27.7 Å². The molecule has 0 saturated heterocycles. The van der Waals surface area contributed by atoms with Gasteiger partial charge in [0.25, 0.3) is 15.9 Å². The average Bonchev–Trinajstić information content (AvgIpc) is 2.92. The Morgan fingerprint density at radius 3 is 2.50 bits per heavy atom. The van der Waals surface area contributed by atoms with E-state index in [0.717, 1.165) is 10.2 Å². The van der Waals surface area contributed by atoms with Crippen molar-refractivity contribution in [2.75, 3.05) is 5.32 Å². The summed E-state index contributed by atoms with van der Waals surface area (Å²) in [4.78, 5) is 22.7. The second-order valence-corrected chi connectivity index (χ2v) is 6.54. The molecule has 128 valence electrons. The van der Waals surface area contributed by atoms with E-state index in [1.807, 2.05) is 4.72 Å². The molecule has 2 amide bonds. The zero-order chi connectivity index (χ0) is 17.7. The maximum Gasteiger partial charge on any atom is 0.264 e. The number of hydrogen-bond acceptors (Lipinski definition) is 7. The minimum atomic E-state index is -3.99. The first-order valence-electron chi connectivity index (χ1n) is 6.82. The molecule has 0 aliphatic carbocycles. The van der Waals surface area contributed by atoms with Crippen LogP contribution in [0.1, 0.15) is 12.5 Å². The second-order valence-electron chi connectivity index (χ2n) is 4.86. The summed E-state index contributed by atoms with van der Waals surface area (Å²) in [7, 11) is -3.99. The molecule has 0 saturated carbocycles. The molecule has 2 rings (SSSR count). The van der Waals surface area contributed by atoms with Crippen molar-refractivity contribution in [2.45, 2.75) is 24.9 Å². The fourth-order valence-corrected chi connectivity index (χ4v) is 2.78. The van der Waals surface area contributed by atoms with Crippen LogP contribution in [0.3, 0.4) is 0 Å². The molecule has 1 aromatic heterocycles. The van der Waals surface area contributed by atoms with Gasteiger partial charge in [0.05, 0.1) is 11.1 Å². The Kier molecular flexibility index (Phi) is 5.26. The monoisotopic (exact) mass is 352 g/mol. The van der Waals surface area contributed by atoms with Crippen molar-refractivity contribution < 1.29 is 18.0 Å². The van der Waals surface area contributed by atoms with Crippen molar-refractivity contribution in [3.8, 4) is 0 Å². The summed E-state index contributed by atoms with van der Waals surface area (Å²) in [6.07, 6.45) is 1.31. The number of sulfonamides is 1. The lowest BCUT2D eigenvalue weighted by molar-refractivity contribution is -0.120. The van der Waals surface area contributed by atoms with Crippen LogP contribution in [0.2, 0.25) is 0 Å². The quantitative estimate of drug-likeness (QED) is 0.616. The van der Waals surface area contributed by atoms with Gasteiger partial charge in [-0.15, -0.1) is 5.10 Å². The van der Waals surface area contributed by atoms with Gasteiger partial charge < -0.3 is 11.1 Å². The Morgan fingerprint density at radius 1 is 1.25 bits per heavy atom. The molecule has 2 aromatic rings. The molecule has 0 radical (unpaired) electrons. The van der Waals surface area contributed by atoms with E-state index in [4.69, 9.17) is 5.73 Å². The molecule has 0 unspecified atom stereocenters. The summed E-state index contributed by atoms with van der Waals surface area (Å²) in [5.74, 6) is -0.970. The minimum Gasteiger partial charge on any atom is -0.326 e. The zero-order valence-corrected chi connectivity index (χ0v) is 13.6. The number of carbonyl (C=O) groups is 2. The molecule has 0 bridgehead atoms. The van der Waals surface area contributed by atoms with E-state index in [-0.39, 0.29) is 29.7 Å². The van der Waals surface area contributed by atoms with Crippen LogP contribution in [0.25, 0.3) is 0 Å². The van der Waals surface area contributed by atoms with Gasteiger partial charge in [-0.3, -0.25) is 9.59 Å². The Morgan fingerprint density at radius 2 is 1.92 bits per heavy atom. The molecule has 1 aromatic carbocycles. The van der Waals surface area contributed by atoms with Crippen LogP contribution in [-0.2, 0) is 32.7 Å². The van der Waals surface area contributed by atoms with Crippen LogP contribution in [0, 0.1) is 0 Å². The first-order chi connectivity index (χ1) is 11.3. The molecule has 0 aliphatic heterocycles. The van der Waals surface area contributed by atoms with E-state index in [0.29, 0.717) is 0 Å². The number of nitrogens with zero attached hydrogens (tertiary/aromatic N) is 3. The highest BCUT2D eigenvalue weighted by Gasteiger charge is 2.18. The molecule has 11 heteroatoms. The number of benzene rings is 1. The third kappa shape index (κ3) is 4.60. The van der Waals surface area contributed by atoms with E-state index in [1.54, 1.807) is 12.1 Å². The Labute approximate surface area is 138 Å². The fourth-order valence-electron chi connectivity index (χ4n) is 1.81. The van der Waals surface area contributed by atoms with Gasteiger partial charge in [0.1, 0.15) is 6.54 Å². The van der Waals surface area contributed by atoms with E-state index in [2.05, 4.69) is 15.6 Å². The highest BCUT2D eigenvalue weighted by Crippen LogP contribution is 2.10. The van der Waals surface area contributed by atoms with Gasteiger partial charge in [-0.05, 0) is 17.7 Å². The predicted molar refractivity (Wildman–Crippen MR) is 84.0 cm³/mol. The van der Waals surface area contributed by atoms with Crippen LogP contribution in [0.4, 0.5) is 5.82 Å². The van der Waals surface area contributed by atoms with Crippen molar-refractivity contribution in [1.29, 1.82) is 0 Å². The van der Waals surface area contributed by atoms with Crippen LogP contribution in [0.5, 0.6) is 0 Å². The molecular formula is C13H16N6O4S. The Balaban J connectivity index is 2.02. The summed E-state index contributed by atoms with van der Waals surface area (Å²) in [6.45, 7) is 1.22. The van der Waals surface area contributed by atoms with Gasteiger partial charge in [-0.25, -0.2) is 17.8 Å². The normalized spacial score (nSPS) is 11.1. The third-order valence-corrected chi connectivity index (χ3v) is 4.26. The van der Waals surface area contributed by atoms with Gasteiger partial charge in [0, 0.05) is 13.5 Å². The minimum absolute atomic E-state index is 0.0504. The van der Waals surface area contributed by atoms with E-state index in [1.165, 1.54) is 25.3 Å². The standard InChI is InChI=1S/C13H16N6O4S/c1-9(20)15-12-7-19(18-16-12)8-13(21)17-24(22,23)11-4-2-10(6-14)3-5-11/h2-5,7H,6,8,14H2,1H3,(H,15,20)(H,17,21). The third-order valence-electron chi connectivity index (χ3n) is 2.87. The smallest absolute Gasteiger partial charge is 0.264 e. The first-order valence-corrected chi connectivity index (χ1v) is 8.31. The van der Waals surface area contributed by atoms with Gasteiger partial charge in [-0.2, -0.15) is 0 Å². The molecule has 0 fully saturated rings. The number of nitrogens with one attached hydrogen (secondary N) is 2. The van der Waals surface area contributed by atoms with E-state index < -0.39 is 15.9 Å². The van der Waals surface area contributed by atoms with Crippen LogP contribution >= 0.6 is 0 Å². The van der Waals surface area contributed by atoms with Crippen molar-refractivity contribution in [3.05, 3.63) is 36.0 Å². The molecule has 0 spiro atoms. The lowest BCUT2D eigenvalue weighted by atomic mass is 10.2. The lowest BCUT2D eigenvalue weighted by Gasteiger charge is -2.07. The van der Waals surface area contributed by atoms with Crippen molar-refractivity contribution in [2.24, 2.45) is 5.73 Å². The summed E-state index contributed by atoms with van der Waals surface area (Å²) in [6, 6.07) is 5.86. The number of carbonyl (C=O) groups excluding carboxylic acids is 2. The Bertz CT molecular complexity index is 844. The van der Waals surface area contributed by atoms with E-state index in [9.17, 15) is 18.0 Å². The fraction of sp³-hybridized carbons (Fsp3) is 0.231. The van der Waals surface area contributed by atoms with E-state index >= 15 is 0 Å². The molecule has 0 aliphatic rings. The molecule has 0 atom stereocenters. The summed E-state index contributed by atoms with van der Waals surface area (Å²) >= 11 is 0. The summed E-state index contributed by atoms with van der Waals surface area (Å²) < 4.78 is 27.3. The molecule has 1 heterocycles. The molecule has 4 N–H and O–H groups in total. The lowest BCUT2D eigenvalue weighted by Crippen LogP contribution is -2.33. The Hall–Kier alpha value is -2.79. The zero-order valence-electron chi connectivity index (χ0n) is 12.8. The second kappa shape index (κ2) is 7.19. The van der Waals surface area contributed by atoms with Crippen molar-refractivity contribution in [3.63, 3.8) is 0 Å². The average molecular weight is 352 g/mol. The topological polar surface area (TPSA) is 149 Å². The van der Waals surface area contributed by atoms with Gasteiger partial charge >= 0.3 is 0 Å². The van der Waals surface area contributed by atoms with Crippen LogP contribution in [-0.4, -0.2) is 35.2 Å². The summed E-state index contributed by atoms with van der Waals surface area (Å²) in [5, 5.41) is 9.63. The predicted octanol–water partition coefficient (Wildman–Crippen LogP) is -0.800. The number of amides is 2. The number of aromatic nitrogens is 3.